The Bertz CT molecular complexity index is 694. The highest BCUT2D eigenvalue weighted by molar-refractivity contribution is 5.90. The van der Waals surface area contributed by atoms with Crippen LogP contribution in [-0.2, 0) is 16.1 Å². The summed E-state index contributed by atoms with van der Waals surface area (Å²) in [5.74, 6) is -0.480. The van der Waals surface area contributed by atoms with Gasteiger partial charge in [-0.3, -0.25) is 14.3 Å². The Hall–Kier alpha value is -2.83. The van der Waals surface area contributed by atoms with E-state index in [1.54, 1.807) is 48.3 Å². The third-order valence-electron chi connectivity index (χ3n) is 3.67. The second kappa shape index (κ2) is 8.14. The zero-order valence-corrected chi connectivity index (χ0v) is 13.7. The van der Waals surface area contributed by atoms with E-state index in [0.29, 0.717) is 18.1 Å². The van der Waals surface area contributed by atoms with E-state index in [0.717, 1.165) is 5.56 Å². The minimum absolute atomic E-state index is 0.0671. The number of nitrogens with one attached hydrogen (secondary N) is 1. The van der Waals surface area contributed by atoms with Crippen molar-refractivity contribution in [3.8, 4) is 5.75 Å². The molecule has 2 aromatic rings. The maximum absolute atomic E-state index is 12.2. The first-order valence-electron chi connectivity index (χ1n) is 7.71. The maximum Gasteiger partial charge on any atom is 0.303 e. The number of aryl methyl sites for hydroxylation is 1. The first kappa shape index (κ1) is 17.5. The molecule has 1 aromatic heterocycles. The van der Waals surface area contributed by atoms with Gasteiger partial charge in [0.15, 0.2) is 5.82 Å². The standard InChI is InChI=1S/C17H21N3O4/c1-3-20-9-8-15(19-20)18-16(21)10-13(11-17(22)23)12-4-6-14(24-2)7-5-12/h4-9,13H,3,10-11H2,1-2H3,(H,22,23)(H,18,19,21). The number of carbonyl (C=O) groups excluding carboxylic acids is 1. The summed E-state index contributed by atoms with van der Waals surface area (Å²) in [6.07, 6.45) is 1.72. The number of rotatable bonds is 8. The first-order valence-corrected chi connectivity index (χ1v) is 7.71. The minimum atomic E-state index is -0.945. The minimum Gasteiger partial charge on any atom is -0.497 e. The summed E-state index contributed by atoms with van der Waals surface area (Å²) < 4.78 is 6.80. The number of anilines is 1. The molecule has 7 heteroatoms. The van der Waals surface area contributed by atoms with E-state index in [2.05, 4.69) is 10.4 Å². The van der Waals surface area contributed by atoms with Crippen molar-refractivity contribution in [1.29, 1.82) is 0 Å². The van der Waals surface area contributed by atoms with Crippen molar-refractivity contribution in [1.82, 2.24) is 9.78 Å². The zero-order valence-electron chi connectivity index (χ0n) is 13.7. The van der Waals surface area contributed by atoms with Crippen molar-refractivity contribution in [2.45, 2.75) is 32.2 Å². The highest BCUT2D eigenvalue weighted by atomic mass is 16.5. The number of carboxylic acid groups (broad SMARTS) is 1. The predicted octanol–water partition coefficient (Wildman–Crippen LogP) is 2.50. The molecule has 2 rings (SSSR count). The van der Waals surface area contributed by atoms with Gasteiger partial charge in [-0.15, -0.1) is 0 Å². The Morgan fingerprint density at radius 2 is 1.96 bits per heavy atom. The van der Waals surface area contributed by atoms with E-state index in [-0.39, 0.29) is 18.7 Å². The van der Waals surface area contributed by atoms with E-state index in [1.165, 1.54) is 0 Å². The molecule has 1 amide bonds. The Labute approximate surface area is 140 Å². The Morgan fingerprint density at radius 1 is 1.25 bits per heavy atom. The quantitative estimate of drug-likeness (QED) is 0.775. The smallest absolute Gasteiger partial charge is 0.303 e. The van der Waals surface area contributed by atoms with Crippen molar-refractivity contribution in [2.24, 2.45) is 0 Å². The molecule has 0 saturated heterocycles. The molecule has 7 nitrogen and oxygen atoms in total. The fraction of sp³-hybridized carbons (Fsp3) is 0.353. The molecule has 0 bridgehead atoms. The first-order chi connectivity index (χ1) is 11.5. The van der Waals surface area contributed by atoms with Crippen molar-refractivity contribution >= 4 is 17.7 Å². The normalized spacial score (nSPS) is 11.8. The second-order valence-corrected chi connectivity index (χ2v) is 5.38. The van der Waals surface area contributed by atoms with Gasteiger partial charge in [0.05, 0.1) is 13.5 Å². The van der Waals surface area contributed by atoms with Crippen LogP contribution in [0.3, 0.4) is 0 Å². The summed E-state index contributed by atoms with van der Waals surface area (Å²) in [4.78, 5) is 23.3. The van der Waals surface area contributed by atoms with E-state index in [9.17, 15) is 9.59 Å². The Kier molecular flexibility index (Phi) is 5.95. The van der Waals surface area contributed by atoms with Gasteiger partial charge < -0.3 is 15.2 Å². The van der Waals surface area contributed by atoms with Gasteiger partial charge in [0.25, 0.3) is 0 Å². The van der Waals surface area contributed by atoms with Crippen LogP contribution in [0, 0.1) is 0 Å². The molecule has 1 atom stereocenters. The lowest BCUT2D eigenvalue weighted by Gasteiger charge is -2.15. The number of hydrogen-bond acceptors (Lipinski definition) is 4. The van der Waals surface area contributed by atoms with Crippen LogP contribution >= 0.6 is 0 Å². The van der Waals surface area contributed by atoms with Crippen LogP contribution in [0.25, 0.3) is 0 Å². The van der Waals surface area contributed by atoms with Gasteiger partial charge in [-0.1, -0.05) is 12.1 Å². The number of amides is 1. The molecule has 0 saturated carbocycles. The van der Waals surface area contributed by atoms with Gasteiger partial charge in [-0.05, 0) is 24.6 Å². The van der Waals surface area contributed by atoms with Crippen LogP contribution < -0.4 is 10.1 Å². The van der Waals surface area contributed by atoms with Crippen molar-refractivity contribution in [3.05, 3.63) is 42.1 Å². The number of aliphatic carboxylic acids is 1. The lowest BCUT2D eigenvalue weighted by Crippen LogP contribution is -2.18. The summed E-state index contributed by atoms with van der Waals surface area (Å²) >= 11 is 0. The van der Waals surface area contributed by atoms with Crippen molar-refractivity contribution in [2.75, 3.05) is 12.4 Å². The van der Waals surface area contributed by atoms with Gasteiger partial charge in [0, 0.05) is 31.1 Å². The van der Waals surface area contributed by atoms with Crippen LogP contribution in [-0.4, -0.2) is 33.9 Å². The van der Waals surface area contributed by atoms with Crippen molar-refractivity contribution in [3.63, 3.8) is 0 Å². The molecular formula is C17H21N3O4. The number of carbonyl (C=O) groups is 2. The van der Waals surface area contributed by atoms with Crippen LogP contribution in [0.1, 0.15) is 31.2 Å². The number of nitrogens with zero attached hydrogens (tertiary/aromatic N) is 2. The van der Waals surface area contributed by atoms with Gasteiger partial charge in [0.1, 0.15) is 5.75 Å². The fourth-order valence-electron chi connectivity index (χ4n) is 2.42. The third kappa shape index (κ3) is 4.84. The molecule has 24 heavy (non-hydrogen) atoms. The van der Waals surface area contributed by atoms with E-state index in [4.69, 9.17) is 9.84 Å². The van der Waals surface area contributed by atoms with E-state index < -0.39 is 11.9 Å². The summed E-state index contributed by atoms with van der Waals surface area (Å²) in [7, 11) is 1.56. The lowest BCUT2D eigenvalue weighted by atomic mass is 9.92. The van der Waals surface area contributed by atoms with Crippen LogP contribution in [0.5, 0.6) is 5.75 Å². The Morgan fingerprint density at radius 3 is 2.50 bits per heavy atom. The lowest BCUT2D eigenvalue weighted by molar-refractivity contribution is -0.137. The largest absolute Gasteiger partial charge is 0.497 e. The molecule has 128 valence electrons. The number of aromatic nitrogens is 2. The average Bonchev–Trinajstić information content (AvgIpc) is 3.01. The number of methoxy groups -OCH3 is 1. The molecule has 0 aliphatic carbocycles. The van der Waals surface area contributed by atoms with Crippen LogP contribution in [0.4, 0.5) is 5.82 Å². The van der Waals surface area contributed by atoms with Crippen LogP contribution in [0.2, 0.25) is 0 Å². The van der Waals surface area contributed by atoms with Crippen LogP contribution in [0.15, 0.2) is 36.5 Å². The number of hydrogen-bond donors (Lipinski definition) is 2. The highest BCUT2D eigenvalue weighted by Gasteiger charge is 2.20. The summed E-state index contributed by atoms with van der Waals surface area (Å²) in [5.41, 5.74) is 0.785. The van der Waals surface area contributed by atoms with Crippen molar-refractivity contribution < 1.29 is 19.4 Å². The fourth-order valence-corrected chi connectivity index (χ4v) is 2.42. The molecule has 1 unspecified atom stereocenters. The molecule has 2 N–H and O–H groups in total. The predicted molar refractivity (Wildman–Crippen MR) is 89.1 cm³/mol. The van der Waals surface area contributed by atoms with Gasteiger partial charge in [-0.25, -0.2) is 0 Å². The number of benzene rings is 1. The number of carboxylic acids is 1. The average molecular weight is 331 g/mol. The second-order valence-electron chi connectivity index (χ2n) is 5.38. The zero-order chi connectivity index (χ0) is 17.5. The highest BCUT2D eigenvalue weighted by Crippen LogP contribution is 2.26. The topological polar surface area (TPSA) is 93.5 Å². The number of ether oxygens (including phenoxy) is 1. The van der Waals surface area contributed by atoms with E-state index >= 15 is 0 Å². The molecular weight excluding hydrogens is 310 g/mol. The monoisotopic (exact) mass is 331 g/mol. The maximum atomic E-state index is 12.2. The molecule has 1 heterocycles. The summed E-state index contributed by atoms with van der Waals surface area (Å²) in [5, 5.41) is 16.0. The summed E-state index contributed by atoms with van der Waals surface area (Å²) in [6.45, 7) is 2.66. The van der Waals surface area contributed by atoms with Gasteiger partial charge >= 0.3 is 5.97 Å². The van der Waals surface area contributed by atoms with Gasteiger partial charge in [0.2, 0.25) is 5.91 Å². The van der Waals surface area contributed by atoms with Gasteiger partial charge in [-0.2, -0.15) is 5.10 Å². The SMILES string of the molecule is CCn1ccc(NC(=O)CC(CC(=O)O)c2ccc(OC)cc2)n1. The molecule has 0 aliphatic heterocycles. The molecule has 0 aliphatic rings. The molecule has 1 aromatic carbocycles. The third-order valence-corrected chi connectivity index (χ3v) is 3.67. The Balaban J connectivity index is 2.06. The molecule has 0 radical (unpaired) electrons. The van der Waals surface area contributed by atoms with E-state index in [1.807, 2.05) is 6.92 Å². The molecule has 0 spiro atoms. The molecule has 0 fully saturated rings. The summed E-state index contributed by atoms with van der Waals surface area (Å²) in [6, 6.07) is 8.79.